The average molecular weight is 279 g/mol. The van der Waals surface area contributed by atoms with Crippen molar-refractivity contribution < 1.29 is 27.9 Å². The van der Waals surface area contributed by atoms with Crippen LogP contribution in [0.2, 0.25) is 0 Å². The summed E-state index contributed by atoms with van der Waals surface area (Å²) in [6, 6.07) is 0. The predicted molar refractivity (Wildman–Crippen MR) is 63.7 cm³/mol. The first kappa shape index (κ1) is 20.1. The summed E-state index contributed by atoms with van der Waals surface area (Å²) in [6.45, 7) is 3.08. The normalized spacial score (nSPS) is 15.1. The van der Waals surface area contributed by atoms with Crippen LogP contribution in [0.1, 0.15) is 20.3 Å². The molecule has 0 fully saturated rings. The van der Waals surface area contributed by atoms with Crippen molar-refractivity contribution >= 4 is 39.7 Å². The summed E-state index contributed by atoms with van der Waals surface area (Å²) >= 11 is 0. The van der Waals surface area contributed by atoms with Gasteiger partial charge in [-0.15, -0.1) is 4.33 Å². The smallest absolute Gasteiger partial charge is 0.293 e. The van der Waals surface area contributed by atoms with E-state index in [1.165, 1.54) is 0 Å². The molecule has 0 aliphatic heterocycles. The minimum Gasteiger partial charge on any atom is -0.396 e. The van der Waals surface area contributed by atoms with Crippen molar-refractivity contribution in [2.45, 2.75) is 20.3 Å². The largest absolute Gasteiger partial charge is 0.396 e. The Bertz CT molecular complexity index is 269. The first-order valence-electron chi connectivity index (χ1n) is 5.22. The van der Waals surface area contributed by atoms with E-state index in [1.807, 2.05) is 0 Å². The third kappa shape index (κ3) is 9.38. The summed E-state index contributed by atoms with van der Waals surface area (Å²) in [4.78, 5) is 4.57. The van der Waals surface area contributed by atoms with Crippen molar-refractivity contribution in [2.75, 3.05) is 25.6 Å². The molecule has 0 saturated carbocycles. The summed E-state index contributed by atoms with van der Waals surface area (Å²) in [7, 11) is -3.63. The van der Waals surface area contributed by atoms with E-state index >= 15 is 0 Å². The van der Waals surface area contributed by atoms with Crippen LogP contribution in [-0.2, 0) is 19.3 Å². The Balaban J connectivity index is 0. The van der Waals surface area contributed by atoms with Crippen LogP contribution in [0.4, 0.5) is 0 Å². The van der Waals surface area contributed by atoms with Gasteiger partial charge >= 0.3 is 0 Å². The molecule has 0 aliphatic carbocycles. The van der Waals surface area contributed by atoms with Crippen LogP contribution in [-0.4, -0.2) is 73.8 Å². The van der Waals surface area contributed by atoms with Crippen molar-refractivity contribution in [3.8, 4) is 0 Å². The third-order valence-electron chi connectivity index (χ3n) is 2.22. The van der Waals surface area contributed by atoms with E-state index in [0.717, 1.165) is 0 Å². The number of hydrogen-bond donors (Lipinski definition) is 2. The standard InChI is InChI=1S/C9H20O6S.Na/c1-3-4-16(12,13)15-14-7-9(6-11)8(2)5-10;/h8-11H,3-7H2,1-2H3;. The van der Waals surface area contributed by atoms with Gasteiger partial charge in [0, 0.05) is 48.7 Å². The maximum atomic E-state index is 11.1. The molecule has 0 rings (SSSR count). The van der Waals surface area contributed by atoms with Gasteiger partial charge in [0.25, 0.3) is 10.1 Å². The van der Waals surface area contributed by atoms with E-state index in [-0.39, 0.29) is 67.0 Å². The Morgan fingerprint density at radius 2 is 1.82 bits per heavy atom. The molecule has 0 amide bonds. The summed E-state index contributed by atoms with van der Waals surface area (Å²) < 4.78 is 26.4. The molecule has 2 N–H and O–H groups in total. The third-order valence-corrected chi connectivity index (χ3v) is 3.43. The minimum absolute atomic E-state index is 0. The maximum absolute atomic E-state index is 11.1. The van der Waals surface area contributed by atoms with Crippen LogP contribution >= 0.6 is 0 Å². The van der Waals surface area contributed by atoms with Crippen LogP contribution < -0.4 is 0 Å². The molecule has 2 unspecified atom stereocenters. The summed E-state index contributed by atoms with van der Waals surface area (Å²) in [5, 5.41) is 17.8. The Morgan fingerprint density at radius 3 is 2.24 bits per heavy atom. The van der Waals surface area contributed by atoms with Gasteiger partial charge in [0.15, 0.2) is 0 Å². The summed E-state index contributed by atoms with van der Waals surface area (Å²) in [6.07, 6.45) is 0.447. The zero-order chi connectivity index (χ0) is 12.6. The van der Waals surface area contributed by atoms with Crippen molar-refractivity contribution in [3.05, 3.63) is 0 Å². The Kier molecular flexibility index (Phi) is 12.6. The zero-order valence-corrected chi connectivity index (χ0v) is 13.4. The molecule has 0 spiro atoms. The Morgan fingerprint density at radius 1 is 1.24 bits per heavy atom. The van der Waals surface area contributed by atoms with Gasteiger partial charge in [-0.3, -0.25) is 0 Å². The molecular weight excluding hydrogens is 259 g/mol. The van der Waals surface area contributed by atoms with E-state index in [2.05, 4.69) is 9.22 Å². The molecule has 0 aromatic heterocycles. The molecule has 0 aromatic rings. The van der Waals surface area contributed by atoms with E-state index in [0.29, 0.717) is 6.42 Å². The molecule has 1 radical (unpaired) electrons. The zero-order valence-electron chi connectivity index (χ0n) is 10.6. The van der Waals surface area contributed by atoms with Gasteiger partial charge in [0.1, 0.15) is 0 Å². The van der Waals surface area contributed by atoms with Crippen LogP contribution in [0.15, 0.2) is 0 Å². The van der Waals surface area contributed by atoms with Crippen molar-refractivity contribution in [1.82, 2.24) is 0 Å². The van der Waals surface area contributed by atoms with Crippen molar-refractivity contribution in [3.63, 3.8) is 0 Å². The van der Waals surface area contributed by atoms with Crippen molar-refractivity contribution in [2.24, 2.45) is 11.8 Å². The molecule has 17 heavy (non-hydrogen) atoms. The predicted octanol–water partition coefficient (Wildman–Crippen LogP) is -0.470. The molecule has 0 aromatic carbocycles. The molecule has 0 saturated heterocycles. The molecule has 2 atom stereocenters. The maximum Gasteiger partial charge on any atom is 0.293 e. The van der Waals surface area contributed by atoms with E-state index in [9.17, 15) is 8.42 Å². The topological polar surface area (TPSA) is 93.1 Å². The fourth-order valence-electron chi connectivity index (χ4n) is 1.02. The van der Waals surface area contributed by atoms with Gasteiger partial charge in [0.2, 0.25) is 0 Å². The fraction of sp³-hybridized carbons (Fsp3) is 1.00. The fourth-order valence-corrected chi connectivity index (χ4v) is 1.79. The number of aliphatic hydroxyl groups is 2. The van der Waals surface area contributed by atoms with Gasteiger partial charge in [-0.05, 0) is 12.3 Å². The first-order chi connectivity index (χ1) is 7.46. The summed E-state index contributed by atoms with van der Waals surface area (Å²) in [5.74, 6) is -0.629. The second-order valence-electron chi connectivity index (χ2n) is 3.72. The van der Waals surface area contributed by atoms with Crippen LogP contribution in [0.3, 0.4) is 0 Å². The average Bonchev–Trinajstić information content (AvgIpc) is 2.23. The number of aliphatic hydroxyl groups excluding tert-OH is 2. The molecule has 0 heterocycles. The minimum atomic E-state index is -3.63. The second-order valence-corrected chi connectivity index (χ2v) is 5.38. The SMILES string of the molecule is CCCS(=O)(=O)OOCC(CO)C(C)CO.[Na]. The number of hydrogen-bond acceptors (Lipinski definition) is 6. The monoisotopic (exact) mass is 279 g/mol. The van der Waals surface area contributed by atoms with Gasteiger partial charge < -0.3 is 10.2 Å². The van der Waals surface area contributed by atoms with Gasteiger partial charge in [-0.25, -0.2) is 4.89 Å². The van der Waals surface area contributed by atoms with E-state index in [4.69, 9.17) is 10.2 Å². The molecule has 0 bridgehead atoms. The van der Waals surface area contributed by atoms with Gasteiger partial charge in [-0.1, -0.05) is 13.8 Å². The quantitative estimate of drug-likeness (QED) is 0.337. The van der Waals surface area contributed by atoms with E-state index < -0.39 is 10.1 Å². The van der Waals surface area contributed by atoms with Crippen molar-refractivity contribution in [1.29, 1.82) is 0 Å². The molecule has 6 nitrogen and oxygen atoms in total. The second kappa shape index (κ2) is 10.7. The van der Waals surface area contributed by atoms with E-state index in [1.54, 1.807) is 13.8 Å². The summed E-state index contributed by atoms with van der Waals surface area (Å²) in [5.41, 5.74) is 0. The molecule has 0 aliphatic rings. The van der Waals surface area contributed by atoms with Gasteiger partial charge in [-0.2, -0.15) is 8.42 Å². The molecule has 99 valence electrons. The Labute approximate surface area is 125 Å². The van der Waals surface area contributed by atoms with Gasteiger partial charge in [0.05, 0.1) is 12.4 Å². The Hall–Kier alpha value is 0.790. The number of rotatable bonds is 9. The van der Waals surface area contributed by atoms with Crippen LogP contribution in [0, 0.1) is 11.8 Å². The van der Waals surface area contributed by atoms with Crippen LogP contribution in [0.25, 0.3) is 0 Å². The first-order valence-corrected chi connectivity index (χ1v) is 6.80. The molecule has 8 heteroatoms. The molecular formula is C9H20NaO6S. The van der Waals surface area contributed by atoms with Crippen LogP contribution in [0.5, 0.6) is 0 Å².